The highest BCUT2D eigenvalue weighted by molar-refractivity contribution is 5.72. The third-order valence-corrected chi connectivity index (χ3v) is 2.72. The molecule has 7 nitrogen and oxygen atoms in total. The minimum absolute atomic E-state index is 0.230. The van der Waals surface area contributed by atoms with Gasteiger partial charge < -0.3 is 15.2 Å². The van der Waals surface area contributed by atoms with Gasteiger partial charge in [0, 0.05) is 18.3 Å². The normalized spacial score (nSPS) is 12.8. The second-order valence-corrected chi connectivity index (χ2v) is 5.61. The van der Waals surface area contributed by atoms with Crippen LogP contribution in [-0.4, -0.2) is 32.6 Å². The Labute approximate surface area is 117 Å². The summed E-state index contributed by atoms with van der Waals surface area (Å²) in [6.45, 7) is 7.05. The van der Waals surface area contributed by atoms with E-state index >= 15 is 0 Å². The van der Waals surface area contributed by atoms with Crippen molar-refractivity contribution in [2.75, 3.05) is 0 Å². The van der Waals surface area contributed by atoms with Crippen molar-refractivity contribution in [3.63, 3.8) is 0 Å². The summed E-state index contributed by atoms with van der Waals surface area (Å²) in [4.78, 5) is 22.7. The molecule has 2 N–H and O–H groups in total. The third-order valence-electron chi connectivity index (χ3n) is 2.72. The van der Waals surface area contributed by atoms with Crippen LogP contribution < -0.4 is 5.32 Å². The van der Waals surface area contributed by atoms with Gasteiger partial charge >= 0.3 is 12.1 Å². The van der Waals surface area contributed by atoms with Crippen molar-refractivity contribution in [3.8, 4) is 0 Å². The van der Waals surface area contributed by atoms with Gasteiger partial charge in [-0.1, -0.05) is 0 Å². The van der Waals surface area contributed by atoms with Gasteiger partial charge in [-0.15, -0.1) is 0 Å². The molecule has 0 bridgehead atoms. The fourth-order valence-electron chi connectivity index (χ4n) is 1.72. The zero-order valence-electron chi connectivity index (χ0n) is 12.4. The van der Waals surface area contributed by atoms with Crippen molar-refractivity contribution in [2.45, 2.75) is 45.8 Å². The number of aryl methyl sites for hydroxylation is 1. The molecule has 0 aliphatic heterocycles. The lowest BCUT2D eigenvalue weighted by atomic mass is 10.1. The molecule has 20 heavy (non-hydrogen) atoms. The van der Waals surface area contributed by atoms with Gasteiger partial charge in [-0.05, 0) is 27.7 Å². The second kappa shape index (κ2) is 5.94. The van der Waals surface area contributed by atoms with E-state index in [-0.39, 0.29) is 6.42 Å². The predicted octanol–water partition coefficient (Wildman–Crippen LogP) is 1.77. The number of alkyl carbamates (subject to hydrolysis) is 1. The van der Waals surface area contributed by atoms with E-state index in [9.17, 15) is 9.59 Å². The molecular formula is C13H21N3O4. The summed E-state index contributed by atoms with van der Waals surface area (Å²) in [7, 11) is 1.75. The first-order valence-corrected chi connectivity index (χ1v) is 6.30. The fourth-order valence-corrected chi connectivity index (χ4v) is 1.72. The molecule has 0 saturated heterocycles. The number of carbonyl (C=O) groups is 2. The molecule has 0 aromatic carbocycles. The number of aromatic nitrogens is 2. The molecule has 7 heteroatoms. The number of carbonyl (C=O) groups excluding carboxylic acids is 1. The maximum absolute atomic E-state index is 11.8. The Balaban J connectivity index is 2.88. The Morgan fingerprint density at radius 3 is 2.50 bits per heavy atom. The van der Waals surface area contributed by atoms with Crippen molar-refractivity contribution in [2.24, 2.45) is 7.05 Å². The zero-order chi connectivity index (χ0) is 15.5. The maximum Gasteiger partial charge on any atom is 0.408 e. The Bertz CT molecular complexity index is 502. The Hall–Kier alpha value is -2.05. The van der Waals surface area contributed by atoms with Gasteiger partial charge in [0.25, 0.3) is 0 Å². The fraction of sp³-hybridized carbons (Fsp3) is 0.615. The Morgan fingerprint density at radius 1 is 1.50 bits per heavy atom. The van der Waals surface area contributed by atoms with Crippen LogP contribution in [0.5, 0.6) is 0 Å². The first kappa shape index (κ1) is 16.0. The van der Waals surface area contributed by atoms with E-state index in [1.165, 1.54) is 0 Å². The molecule has 0 unspecified atom stereocenters. The van der Waals surface area contributed by atoms with Gasteiger partial charge in [-0.3, -0.25) is 9.48 Å². The Kier molecular flexibility index (Phi) is 4.75. The van der Waals surface area contributed by atoms with E-state index in [1.54, 1.807) is 38.7 Å². The van der Waals surface area contributed by atoms with Gasteiger partial charge in [0.05, 0.1) is 18.7 Å². The number of nitrogens with zero attached hydrogens (tertiary/aromatic N) is 2. The van der Waals surface area contributed by atoms with Crippen LogP contribution in [0.25, 0.3) is 0 Å². The van der Waals surface area contributed by atoms with E-state index in [0.717, 1.165) is 5.69 Å². The first-order chi connectivity index (χ1) is 9.10. The molecule has 1 heterocycles. The van der Waals surface area contributed by atoms with Crippen LogP contribution >= 0.6 is 0 Å². The molecule has 1 aromatic heterocycles. The van der Waals surface area contributed by atoms with E-state index < -0.39 is 23.7 Å². The smallest absolute Gasteiger partial charge is 0.408 e. The minimum Gasteiger partial charge on any atom is -0.481 e. The van der Waals surface area contributed by atoms with Gasteiger partial charge in [-0.2, -0.15) is 5.10 Å². The van der Waals surface area contributed by atoms with Crippen molar-refractivity contribution in [3.05, 3.63) is 17.5 Å². The summed E-state index contributed by atoms with van der Waals surface area (Å²) in [5.41, 5.74) is 0.829. The van der Waals surface area contributed by atoms with Crippen LogP contribution in [-0.2, 0) is 16.6 Å². The summed E-state index contributed by atoms with van der Waals surface area (Å²) >= 11 is 0. The van der Waals surface area contributed by atoms with Gasteiger partial charge in [0.2, 0.25) is 0 Å². The zero-order valence-corrected chi connectivity index (χ0v) is 12.4. The van der Waals surface area contributed by atoms with E-state index in [1.807, 2.05) is 6.92 Å². The van der Waals surface area contributed by atoms with Crippen molar-refractivity contribution in [1.82, 2.24) is 15.1 Å². The number of aliphatic carboxylic acids is 1. The van der Waals surface area contributed by atoms with Gasteiger partial charge in [0.15, 0.2) is 0 Å². The number of hydrogen-bond acceptors (Lipinski definition) is 4. The lowest BCUT2D eigenvalue weighted by molar-refractivity contribution is -0.137. The van der Waals surface area contributed by atoms with Crippen molar-refractivity contribution < 1.29 is 19.4 Å². The quantitative estimate of drug-likeness (QED) is 0.878. The molecule has 1 atom stereocenters. The average Bonchev–Trinajstić information content (AvgIpc) is 2.55. The maximum atomic E-state index is 11.8. The van der Waals surface area contributed by atoms with Crippen LogP contribution in [0.15, 0.2) is 6.20 Å². The Morgan fingerprint density at radius 2 is 2.10 bits per heavy atom. The number of carboxylic acid groups (broad SMARTS) is 1. The van der Waals surface area contributed by atoms with E-state index in [4.69, 9.17) is 9.84 Å². The summed E-state index contributed by atoms with van der Waals surface area (Å²) in [5, 5.41) is 15.6. The molecule has 1 aromatic rings. The van der Waals surface area contributed by atoms with Gasteiger partial charge in [-0.25, -0.2) is 4.79 Å². The number of hydrogen-bond donors (Lipinski definition) is 2. The molecule has 0 aliphatic carbocycles. The van der Waals surface area contributed by atoms with Crippen LogP contribution in [0.1, 0.15) is 44.5 Å². The highest BCUT2D eigenvalue weighted by Gasteiger charge is 2.24. The lowest BCUT2D eigenvalue weighted by Crippen LogP contribution is -2.36. The number of nitrogens with one attached hydrogen (secondary N) is 1. The predicted molar refractivity (Wildman–Crippen MR) is 72.3 cm³/mol. The molecule has 1 amide bonds. The van der Waals surface area contributed by atoms with Crippen LogP contribution in [0, 0.1) is 6.92 Å². The van der Waals surface area contributed by atoms with Crippen LogP contribution in [0.2, 0.25) is 0 Å². The molecule has 0 spiro atoms. The largest absolute Gasteiger partial charge is 0.481 e. The molecular weight excluding hydrogens is 262 g/mol. The topological polar surface area (TPSA) is 93.5 Å². The van der Waals surface area contributed by atoms with Crippen molar-refractivity contribution in [1.29, 1.82) is 0 Å². The number of rotatable bonds is 4. The first-order valence-electron chi connectivity index (χ1n) is 6.30. The number of carboxylic acids is 1. The lowest BCUT2D eigenvalue weighted by Gasteiger charge is -2.23. The van der Waals surface area contributed by atoms with E-state index in [2.05, 4.69) is 10.4 Å². The second-order valence-electron chi connectivity index (χ2n) is 5.61. The summed E-state index contributed by atoms with van der Waals surface area (Å²) in [5.74, 6) is -1.01. The van der Waals surface area contributed by atoms with Crippen molar-refractivity contribution >= 4 is 12.1 Å². The monoisotopic (exact) mass is 283 g/mol. The molecule has 0 saturated carbocycles. The number of ether oxygens (including phenoxy) is 1. The molecule has 0 fully saturated rings. The highest BCUT2D eigenvalue weighted by atomic mass is 16.6. The molecule has 112 valence electrons. The molecule has 0 radical (unpaired) electrons. The number of amides is 1. The van der Waals surface area contributed by atoms with Crippen LogP contribution in [0.4, 0.5) is 4.79 Å². The minimum atomic E-state index is -1.01. The standard InChI is InChI=1S/C13H21N3O4/c1-8-9(7-14-16(8)5)10(6-11(17)18)15-12(19)20-13(2,3)4/h7,10H,6H2,1-5H3,(H,15,19)(H,17,18)/t10-/m0/s1. The summed E-state index contributed by atoms with van der Waals surface area (Å²) in [6, 6.07) is -0.670. The molecule has 1 rings (SSSR count). The SMILES string of the molecule is Cc1c([C@H](CC(=O)O)NC(=O)OC(C)(C)C)cnn1C. The summed E-state index contributed by atoms with van der Waals surface area (Å²) in [6.07, 6.45) is 0.679. The third kappa shape index (κ3) is 4.56. The highest BCUT2D eigenvalue weighted by Crippen LogP contribution is 2.21. The van der Waals surface area contributed by atoms with E-state index in [0.29, 0.717) is 5.56 Å². The van der Waals surface area contributed by atoms with Crippen LogP contribution in [0.3, 0.4) is 0 Å². The average molecular weight is 283 g/mol. The van der Waals surface area contributed by atoms with Gasteiger partial charge in [0.1, 0.15) is 5.60 Å². The summed E-state index contributed by atoms with van der Waals surface area (Å²) < 4.78 is 6.77. The molecule has 0 aliphatic rings.